The Morgan fingerprint density at radius 3 is 2.85 bits per heavy atom. The molecule has 3 aromatic rings. The number of aromatic nitrogens is 1. The molecular formula is C20H17NO5. The molecule has 0 saturated heterocycles. The topological polar surface area (TPSA) is 70.8 Å². The summed E-state index contributed by atoms with van der Waals surface area (Å²) >= 11 is 0. The van der Waals surface area contributed by atoms with Crippen LogP contribution in [0.4, 0.5) is 0 Å². The molecule has 6 heteroatoms. The summed E-state index contributed by atoms with van der Waals surface area (Å²) < 4.78 is 21.5. The summed E-state index contributed by atoms with van der Waals surface area (Å²) in [5.41, 5.74) is 2.44. The van der Waals surface area contributed by atoms with Gasteiger partial charge in [-0.05, 0) is 23.8 Å². The predicted molar refractivity (Wildman–Crippen MR) is 92.8 cm³/mol. The van der Waals surface area contributed by atoms with Gasteiger partial charge >= 0.3 is 5.97 Å². The van der Waals surface area contributed by atoms with Crippen molar-refractivity contribution >= 4 is 5.97 Å². The summed E-state index contributed by atoms with van der Waals surface area (Å²) in [5, 5.41) is 4.03. The molecule has 0 fully saturated rings. The van der Waals surface area contributed by atoms with Crippen LogP contribution >= 0.6 is 0 Å². The van der Waals surface area contributed by atoms with Crippen molar-refractivity contribution in [3.8, 4) is 22.8 Å². The number of benzene rings is 2. The second kappa shape index (κ2) is 6.92. The fraction of sp³-hybridized carbons (Fsp3) is 0.200. The number of fused-ring (bicyclic) bond motifs is 1. The lowest BCUT2D eigenvalue weighted by Crippen LogP contribution is -2.27. The third-order valence-electron chi connectivity index (χ3n) is 4.21. The monoisotopic (exact) mass is 351 g/mol. The number of nitrogens with zero attached hydrogens (tertiary/aromatic N) is 1. The minimum Gasteiger partial charge on any atom is -0.496 e. The molecule has 6 nitrogen and oxygen atoms in total. The molecule has 0 N–H and O–H groups in total. The Bertz CT molecular complexity index is 908. The van der Waals surface area contributed by atoms with Crippen LogP contribution < -0.4 is 9.47 Å². The molecule has 0 unspecified atom stereocenters. The highest BCUT2D eigenvalue weighted by atomic mass is 16.6. The van der Waals surface area contributed by atoms with E-state index in [9.17, 15) is 4.79 Å². The third-order valence-corrected chi connectivity index (χ3v) is 4.21. The maximum Gasteiger partial charge on any atom is 0.348 e. The molecule has 0 saturated carbocycles. The van der Waals surface area contributed by atoms with Gasteiger partial charge in [0.2, 0.25) is 0 Å². The molecule has 1 atom stereocenters. The number of methoxy groups -OCH3 is 1. The van der Waals surface area contributed by atoms with Crippen LogP contribution in [0.3, 0.4) is 0 Å². The Kier molecular flexibility index (Phi) is 4.31. The number of ether oxygens (including phenoxy) is 3. The van der Waals surface area contributed by atoms with Gasteiger partial charge in [-0.3, -0.25) is 0 Å². The van der Waals surface area contributed by atoms with Crippen molar-refractivity contribution in [1.29, 1.82) is 0 Å². The smallest absolute Gasteiger partial charge is 0.348 e. The van der Waals surface area contributed by atoms with Crippen LogP contribution in [0, 0.1) is 0 Å². The summed E-state index contributed by atoms with van der Waals surface area (Å²) in [6, 6.07) is 16.8. The van der Waals surface area contributed by atoms with Crippen LogP contribution in [0.15, 0.2) is 59.1 Å². The summed E-state index contributed by atoms with van der Waals surface area (Å²) in [6.45, 7) is -0.00279. The molecule has 0 aliphatic carbocycles. The lowest BCUT2D eigenvalue weighted by molar-refractivity contribution is -0.153. The average molecular weight is 351 g/mol. The van der Waals surface area contributed by atoms with Gasteiger partial charge in [-0.25, -0.2) is 4.79 Å². The third kappa shape index (κ3) is 3.13. The second-order valence-electron chi connectivity index (χ2n) is 5.90. The minimum atomic E-state index is -0.621. The fourth-order valence-electron chi connectivity index (χ4n) is 2.91. The number of hydrogen-bond donors (Lipinski definition) is 0. The van der Waals surface area contributed by atoms with E-state index in [1.807, 2.05) is 48.5 Å². The molecule has 2 heterocycles. The minimum absolute atomic E-state index is 0.00279. The fourth-order valence-corrected chi connectivity index (χ4v) is 2.91. The maximum atomic E-state index is 12.2. The summed E-state index contributed by atoms with van der Waals surface area (Å²) in [4.78, 5) is 12.2. The molecule has 2 aromatic carbocycles. The van der Waals surface area contributed by atoms with Crippen LogP contribution in [0.25, 0.3) is 11.3 Å². The van der Waals surface area contributed by atoms with E-state index < -0.39 is 12.1 Å². The van der Waals surface area contributed by atoms with Gasteiger partial charge in [-0.15, -0.1) is 0 Å². The summed E-state index contributed by atoms with van der Waals surface area (Å²) in [5.74, 6) is 1.46. The van der Waals surface area contributed by atoms with Crippen molar-refractivity contribution in [2.75, 3.05) is 7.11 Å². The van der Waals surface area contributed by atoms with Gasteiger partial charge in [-0.1, -0.05) is 35.5 Å². The van der Waals surface area contributed by atoms with Crippen LogP contribution in [0.2, 0.25) is 0 Å². The van der Waals surface area contributed by atoms with Gasteiger partial charge in [0.15, 0.2) is 18.5 Å². The number of para-hydroxylation sites is 2. The first-order chi connectivity index (χ1) is 12.7. The first-order valence-corrected chi connectivity index (χ1v) is 8.25. The molecular weight excluding hydrogens is 334 g/mol. The van der Waals surface area contributed by atoms with E-state index in [4.69, 9.17) is 18.7 Å². The number of rotatable bonds is 5. The first-order valence-electron chi connectivity index (χ1n) is 8.25. The molecule has 0 spiro atoms. The van der Waals surface area contributed by atoms with Gasteiger partial charge in [0.05, 0.1) is 7.11 Å². The van der Waals surface area contributed by atoms with Crippen molar-refractivity contribution in [2.45, 2.75) is 19.1 Å². The average Bonchev–Trinajstić information content (AvgIpc) is 3.33. The van der Waals surface area contributed by atoms with E-state index in [0.717, 1.165) is 16.9 Å². The number of esters is 1. The normalized spacial score (nSPS) is 15.2. The van der Waals surface area contributed by atoms with Crippen molar-refractivity contribution in [2.24, 2.45) is 0 Å². The number of carbonyl (C=O) groups excluding carboxylic acids is 1. The molecule has 26 heavy (non-hydrogen) atoms. The Morgan fingerprint density at radius 1 is 1.19 bits per heavy atom. The molecule has 1 aliphatic heterocycles. The molecule has 1 aromatic heterocycles. The van der Waals surface area contributed by atoms with Gasteiger partial charge in [0.1, 0.15) is 17.2 Å². The van der Waals surface area contributed by atoms with E-state index in [1.165, 1.54) is 0 Å². The molecule has 4 rings (SSSR count). The van der Waals surface area contributed by atoms with Crippen LogP contribution in [0.5, 0.6) is 11.5 Å². The lowest BCUT2D eigenvalue weighted by atomic mass is 10.1. The Labute approximate surface area is 150 Å². The van der Waals surface area contributed by atoms with E-state index in [0.29, 0.717) is 23.6 Å². The van der Waals surface area contributed by atoms with E-state index in [1.54, 1.807) is 13.2 Å². The zero-order chi connectivity index (χ0) is 17.9. The van der Waals surface area contributed by atoms with Crippen molar-refractivity contribution in [3.05, 3.63) is 65.9 Å². The van der Waals surface area contributed by atoms with E-state index in [2.05, 4.69) is 5.16 Å². The van der Waals surface area contributed by atoms with Gasteiger partial charge in [0, 0.05) is 18.1 Å². The SMILES string of the molecule is COc1ccccc1-c1cc(COC(=O)[C@@H]2Cc3ccccc3O2)on1. The zero-order valence-electron chi connectivity index (χ0n) is 14.2. The molecule has 0 amide bonds. The largest absolute Gasteiger partial charge is 0.496 e. The van der Waals surface area contributed by atoms with E-state index >= 15 is 0 Å². The highest BCUT2D eigenvalue weighted by molar-refractivity contribution is 5.77. The van der Waals surface area contributed by atoms with Crippen molar-refractivity contribution in [1.82, 2.24) is 5.16 Å². The predicted octanol–water partition coefficient (Wildman–Crippen LogP) is 3.40. The van der Waals surface area contributed by atoms with E-state index in [-0.39, 0.29) is 6.61 Å². The second-order valence-corrected chi connectivity index (χ2v) is 5.90. The van der Waals surface area contributed by atoms with Crippen LogP contribution in [-0.2, 0) is 22.6 Å². The first kappa shape index (κ1) is 16.2. The zero-order valence-corrected chi connectivity index (χ0v) is 14.2. The van der Waals surface area contributed by atoms with Gasteiger partial charge < -0.3 is 18.7 Å². The molecule has 0 radical (unpaired) electrons. The van der Waals surface area contributed by atoms with Crippen molar-refractivity contribution in [3.63, 3.8) is 0 Å². The maximum absolute atomic E-state index is 12.2. The highest BCUT2D eigenvalue weighted by Crippen LogP contribution is 2.30. The van der Waals surface area contributed by atoms with Crippen molar-refractivity contribution < 1.29 is 23.5 Å². The highest BCUT2D eigenvalue weighted by Gasteiger charge is 2.30. The van der Waals surface area contributed by atoms with Gasteiger partial charge in [0.25, 0.3) is 0 Å². The van der Waals surface area contributed by atoms with Crippen LogP contribution in [0.1, 0.15) is 11.3 Å². The standard InChI is InChI=1S/C20H17NO5/c1-23-18-9-5-3-7-15(18)16-11-14(26-21-16)12-24-20(22)19-10-13-6-2-4-8-17(13)25-19/h2-9,11,19H,10,12H2,1H3/t19-/m0/s1. The quantitative estimate of drug-likeness (QED) is 0.656. The number of carbonyl (C=O) groups is 1. The Balaban J connectivity index is 1.39. The molecule has 132 valence electrons. The van der Waals surface area contributed by atoms with Gasteiger partial charge in [-0.2, -0.15) is 0 Å². The Morgan fingerprint density at radius 2 is 2.00 bits per heavy atom. The van der Waals surface area contributed by atoms with Crippen LogP contribution in [-0.4, -0.2) is 24.3 Å². The summed E-state index contributed by atoms with van der Waals surface area (Å²) in [6.07, 6.45) is -0.110. The summed E-state index contributed by atoms with van der Waals surface area (Å²) in [7, 11) is 1.60. The molecule has 1 aliphatic rings. The Hall–Kier alpha value is -3.28. The lowest BCUT2D eigenvalue weighted by Gasteiger charge is -2.09. The molecule has 0 bridgehead atoms. The number of hydrogen-bond acceptors (Lipinski definition) is 6.